The number of rotatable bonds is 5. The molecule has 1 saturated heterocycles. The van der Waals surface area contributed by atoms with Gasteiger partial charge in [-0.15, -0.1) is 11.3 Å². The first kappa shape index (κ1) is 22.1. The zero-order valence-electron chi connectivity index (χ0n) is 19.1. The van der Waals surface area contributed by atoms with Crippen LogP contribution in [0.2, 0.25) is 0 Å². The SMILES string of the molecule is CC1(C)C[C@H](n2c(=O)c3c4c(sc3n(CC(=O)NCc3ccccc3)c2=O)CCC4)CCO1. The minimum Gasteiger partial charge on any atom is -0.375 e. The van der Waals surface area contributed by atoms with Gasteiger partial charge in [-0.2, -0.15) is 0 Å². The molecule has 0 saturated carbocycles. The standard InChI is InChI=1S/C25H29N3O4S/c1-25(2)13-17(11-12-32-25)28-22(30)21-18-9-6-10-19(18)33-23(21)27(24(28)31)15-20(29)26-14-16-7-4-3-5-8-16/h3-5,7-8,17H,6,9-15H2,1-2H3,(H,26,29)/t17-/m1/s1. The minimum absolute atomic E-state index is 0.103. The maximum Gasteiger partial charge on any atom is 0.332 e. The van der Waals surface area contributed by atoms with Crippen LogP contribution in [0, 0.1) is 0 Å². The monoisotopic (exact) mass is 467 g/mol. The molecule has 8 heteroatoms. The van der Waals surface area contributed by atoms with Crippen molar-refractivity contribution in [2.45, 2.75) is 70.7 Å². The molecule has 1 atom stereocenters. The Morgan fingerprint density at radius 3 is 2.76 bits per heavy atom. The van der Waals surface area contributed by atoms with Crippen LogP contribution in [0.3, 0.4) is 0 Å². The van der Waals surface area contributed by atoms with Crippen molar-refractivity contribution in [2.75, 3.05) is 6.61 Å². The van der Waals surface area contributed by atoms with Crippen LogP contribution in [0.1, 0.15) is 55.2 Å². The molecule has 0 bridgehead atoms. The van der Waals surface area contributed by atoms with Crippen molar-refractivity contribution >= 4 is 27.5 Å². The number of fused-ring (bicyclic) bond motifs is 3. The predicted molar refractivity (Wildman–Crippen MR) is 129 cm³/mol. The van der Waals surface area contributed by atoms with Crippen molar-refractivity contribution in [1.29, 1.82) is 0 Å². The number of thiophene rings is 1. The third-order valence-corrected chi connectivity index (χ3v) is 8.00. The van der Waals surface area contributed by atoms with Gasteiger partial charge in [0.1, 0.15) is 11.4 Å². The molecule has 1 amide bonds. The Morgan fingerprint density at radius 2 is 2.00 bits per heavy atom. The van der Waals surface area contributed by atoms with E-state index in [9.17, 15) is 14.4 Å². The number of ether oxygens (including phenoxy) is 1. The van der Waals surface area contributed by atoms with Crippen LogP contribution in [-0.4, -0.2) is 27.2 Å². The molecule has 1 N–H and O–H groups in total. The van der Waals surface area contributed by atoms with E-state index < -0.39 is 11.3 Å². The summed E-state index contributed by atoms with van der Waals surface area (Å²) in [5.41, 5.74) is 1.05. The van der Waals surface area contributed by atoms with Crippen LogP contribution >= 0.6 is 11.3 Å². The van der Waals surface area contributed by atoms with E-state index in [-0.39, 0.29) is 24.1 Å². The number of hydrogen-bond donors (Lipinski definition) is 1. The average molecular weight is 468 g/mol. The number of aryl methyl sites for hydroxylation is 2. The molecule has 33 heavy (non-hydrogen) atoms. The molecule has 1 aliphatic heterocycles. The Bertz CT molecular complexity index is 1320. The molecule has 3 aromatic rings. The van der Waals surface area contributed by atoms with Crippen LogP contribution < -0.4 is 16.6 Å². The summed E-state index contributed by atoms with van der Waals surface area (Å²) in [6.45, 7) is 4.77. The molecule has 1 fully saturated rings. The van der Waals surface area contributed by atoms with E-state index in [1.165, 1.54) is 25.3 Å². The first-order chi connectivity index (χ1) is 15.8. The molecular formula is C25H29N3O4S. The summed E-state index contributed by atoms with van der Waals surface area (Å²) in [5, 5.41) is 3.55. The van der Waals surface area contributed by atoms with Crippen LogP contribution in [0.5, 0.6) is 0 Å². The van der Waals surface area contributed by atoms with Gasteiger partial charge in [-0.25, -0.2) is 4.79 Å². The van der Waals surface area contributed by atoms with Gasteiger partial charge in [0.15, 0.2) is 0 Å². The van der Waals surface area contributed by atoms with E-state index in [0.717, 1.165) is 30.4 Å². The molecule has 0 spiro atoms. The topological polar surface area (TPSA) is 82.3 Å². The van der Waals surface area contributed by atoms with E-state index in [1.807, 2.05) is 44.2 Å². The van der Waals surface area contributed by atoms with Crippen molar-refractivity contribution in [3.63, 3.8) is 0 Å². The number of amides is 1. The van der Waals surface area contributed by atoms with Crippen molar-refractivity contribution in [1.82, 2.24) is 14.5 Å². The van der Waals surface area contributed by atoms with Crippen molar-refractivity contribution < 1.29 is 9.53 Å². The highest BCUT2D eigenvalue weighted by Gasteiger charge is 2.34. The van der Waals surface area contributed by atoms with E-state index in [4.69, 9.17) is 4.74 Å². The quantitative estimate of drug-likeness (QED) is 0.625. The fourth-order valence-corrected chi connectivity index (χ4v) is 6.47. The van der Waals surface area contributed by atoms with Crippen molar-refractivity contribution in [2.24, 2.45) is 0 Å². The molecule has 5 rings (SSSR count). The number of aromatic nitrogens is 2. The molecule has 0 unspecified atom stereocenters. The second kappa shape index (κ2) is 8.57. The highest BCUT2D eigenvalue weighted by molar-refractivity contribution is 7.19. The molecule has 2 aliphatic rings. The number of hydrogen-bond acceptors (Lipinski definition) is 5. The van der Waals surface area contributed by atoms with E-state index in [0.29, 0.717) is 36.2 Å². The maximum absolute atomic E-state index is 13.7. The van der Waals surface area contributed by atoms with Crippen LogP contribution in [0.4, 0.5) is 0 Å². The summed E-state index contributed by atoms with van der Waals surface area (Å²) in [6.07, 6.45) is 3.99. The van der Waals surface area contributed by atoms with Gasteiger partial charge >= 0.3 is 5.69 Å². The normalized spacial score (nSPS) is 19.5. The Hall–Kier alpha value is -2.71. The molecule has 7 nitrogen and oxygen atoms in total. The molecular weight excluding hydrogens is 438 g/mol. The van der Waals surface area contributed by atoms with Crippen LogP contribution in [-0.2, 0) is 35.5 Å². The molecule has 1 aliphatic carbocycles. The van der Waals surface area contributed by atoms with Gasteiger partial charge in [-0.1, -0.05) is 30.3 Å². The lowest BCUT2D eigenvalue weighted by atomic mass is 9.93. The summed E-state index contributed by atoms with van der Waals surface area (Å²) in [7, 11) is 0. The lowest BCUT2D eigenvalue weighted by Gasteiger charge is -2.36. The zero-order valence-corrected chi connectivity index (χ0v) is 19.9. The van der Waals surface area contributed by atoms with Crippen molar-refractivity contribution in [3.8, 4) is 0 Å². The average Bonchev–Trinajstić information content (AvgIpc) is 3.37. The van der Waals surface area contributed by atoms with E-state index in [1.54, 1.807) is 0 Å². The van der Waals surface area contributed by atoms with Gasteiger partial charge in [0.2, 0.25) is 5.91 Å². The molecule has 2 aromatic heterocycles. The maximum atomic E-state index is 13.7. The van der Waals surface area contributed by atoms with Gasteiger partial charge in [0.05, 0.1) is 11.0 Å². The predicted octanol–water partition coefficient (Wildman–Crippen LogP) is 3.16. The number of nitrogens with one attached hydrogen (secondary N) is 1. The third kappa shape index (κ3) is 4.17. The summed E-state index contributed by atoms with van der Waals surface area (Å²) >= 11 is 1.50. The highest BCUT2D eigenvalue weighted by atomic mass is 32.1. The highest BCUT2D eigenvalue weighted by Crippen LogP contribution is 2.36. The largest absolute Gasteiger partial charge is 0.375 e. The Kier molecular flexibility index (Phi) is 5.74. The summed E-state index contributed by atoms with van der Waals surface area (Å²) in [5.74, 6) is -0.242. The molecule has 3 heterocycles. The number of carbonyl (C=O) groups excluding carboxylic acids is 1. The smallest absolute Gasteiger partial charge is 0.332 e. The number of benzene rings is 1. The zero-order chi connectivity index (χ0) is 23.2. The van der Waals surface area contributed by atoms with Gasteiger partial charge < -0.3 is 10.1 Å². The first-order valence-electron chi connectivity index (χ1n) is 11.6. The minimum atomic E-state index is -0.405. The molecule has 174 valence electrons. The Balaban J connectivity index is 1.55. The summed E-state index contributed by atoms with van der Waals surface area (Å²) in [4.78, 5) is 42.0. The van der Waals surface area contributed by atoms with Crippen LogP contribution in [0.15, 0.2) is 39.9 Å². The third-order valence-electron chi connectivity index (χ3n) is 6.69. The number of carbonyl (C=O) groups is 1. The lowest BCUT2D eigenvalue weighted by molar-refractivity contribution is -0.121. The molecule has 0 radical (unpaired) electrons. The molecule has 1 aromatic carbocycles. The Morgan fingerprint density at radius 1 is 1.21 bits per heavy atom. The number of nitrogens with zero attached hydrogens (tertiary/aromatic N) is 2. The van der Waals surface area contributed by atoms with E-state index >= 15 is 0 Å². The van der Waals surface area contributed by atoms with Gasteiger partial charge in [0.25, 0.3) is 5.56 Å². The second-order valence-corrected chi connectivity index (χ2v) is 10.7. The van der Waals surface area contributed by atoms with Gasteiger partial charge in [-0.05, 0) is 57.1 Å². The van der Waals surface area contributed by atoms with Crippen LogP contribution in [0.25, 0.3) is 10.2 Å². The second-order valence-electron chi connectivity index (χ2n) is 9.60. The fraction of sp³-hybridized carbons (Fsp3) is 0.480. The fourth-order valence-electron chi connectivity index (χ4n) is 5.10. The Labute approximate surface area is 196 Å². The van der Waals surface area contributed by atoms with Gasteiger partial charge in [0, 0.05) is 24.1 Å². The van der Waals surface area contributed by atoms with Crippen molar-refractivity contribution in [3.05, 3.63) is 67.2 Å². The van der Waals surface area contributed by atoms with Gasteiger partial charge in [-0.3, -0.25) is 18.7 Å². The summed E-state index contributed by atoms with van der Waals surface area (Å²) < 4.78 is 8.75. The summed E-state index contributed by atoms with van der Waals surface area (Å²) in [6, 6.07) is 9.43. The first-order valence-corrected chi connectivity index (χ1v) is 12.4. The lowest BCUT2D eigenvalue weighted by Crippen LogP contribution is -2.47. The van der Waals surface area contributed by atoms with E-state index in [2.05, 4.69) is 5.32 Å².